The Hall–Kier alpha value is -1.40. The van der Waals surface area contributed by atoms with Gasteiger partial charge in [-0.15, -0.1) is 11.8 Å². The molecule has 0 saturated carbocycles. The molecule has 0 saturated heterocycles. The van der Waals surface area contributed by atoms with Gasteiger partial charge in [-0.3, -0.25) is 0 Å². The van der Waals surface area contributed by atoms with Gasteiger partial charge in [0.1, 0.15) is 5.82 Å². The van der Waals surface area contributed by atoms with E-state index in [1.807, 2.05) is 0 Å². The average Bonchev–Trinajstić information content (AvgIpc) is 2.85. The lowest BCUT2D eigenvalue weighted by atomic mass is 10.1. The van der Waals surface area contributed by atoms with Crippen molar-refractivity contribution in [2.45, 2.75) is 42.9 Å². The van der Waals surface area contributed by atoms with Crippen LogP contribution in [0.1, 0.15) is 31.5 Å². The second-order valence-corrected chi connectivity index (χ2v) is 5.59. The zero-order valence-electron chi connectivity index (χ0n) is 11.4. The monoisotopic (exact) mass is 295 g/mol. The van der Waals surface area contributed by atoms with E-state index < -0.39 is 0 Å². The Morgan fingerprint density at radius 2 is 2.20 bits per heavy atom. The Morgan fingerprint density at radius 3 is 2.95 bits per heavy atom. The lowest BCUT2D eigenvalue weighted by Crippen LogP contribution is -2.22. The summed E-state index contributed by atoms with van der Waals surface area (Å²) in [6, 6.07) is 6.69. The molecule has 0 radical (unpaired) electrons. The third kappa shape index (κ3) is 4.31. The molecule has 0 aliphatic carbocycles. The van der Waals surface area contributed by atoms with Gasteiger partial charge in [0, 0.05) is 17.4 Å². The van der Waals surface area contributed by atoms with Crippen LogP contribution in [0, 0.1) is 5.82 Å². The van der Waals surface area contributed by atoms with E-state index in [9.17, 15) is 4.39 Å². The smallest absolute Gasteiger partial charge is 0.228 e. The predicted octanol–water partition coefficient (Wildman–Crippen LogP) is 3.17. The molecule has 0 fully saturated rings. The van der Waals surface area contributed by atoms with Crippen LogP contribution >= 0.6 is 11.8 Å². The van der Waals surface area contributed by atoms with Gasteiger partial charge >= 0.3 is 0 Å². The van der Waals surface area contributed by atoms with Crippen molar-refractivity contribution in [2.24, 2.45) is 5.73 Å². The maximum Gasteiger partial charge on any atom is 0.228 e. The van der Waals surface area contributed by atoms with Crippen LogP contribution in [0.4, 0.5) is 4.39 Å². The van der Waals surface area contributed by atoms with Gasteiger partial charge in [0.25, 0.3) is 0 Å². The first-order chi connectivity index (χ1) is 9.69. The minimum Gasteiger partial charge on any atom is -0.339 e. The molecule has 2 rings (SSSR count). The van der Waals surface area contributed by atoms with Gasteiger partial charge in [-0.2, -0.15) is 4.98 Å². The van der Waals surface area contributed by atoms with Crippen LogP contribution in [0.25, 0.3) is 0 Å². The Balaban J connectivity index is 1.88. The molecular weight excluding hydrogens is 277 g/mol. The van der Waals surface area contributed by atoms with Crippen LogP contribution in [0.2, 0.25) is 0 Å². The standard InChI is InChI=1S/C14H18FN3OS/c1-2-5-10(16)8-14-17-13(18-19-14)9-20-12-7-4-3-6-11(12)15/h3-4,6-7,10H,2,5,8-9,16H2,1H3. The molecule has 6 heteroatoms. The number of rotatable bonds is 7. The highest BCUT2D eigenvalue weighted by Gasteiger charge is 2.11. The summed E-state index contributed by atoms with van der Waals surface area (Å²) in [5, 5.41) is 3.89. The summed E-state index contributed by atoms with van der Waals surface area (Å²) in [5.74, 6) is 1.37. The molecule has 0 aliphatic rings. The van der Waals surface area contributed by atoms with Crippen molar-refractivity contribution in [1.29, 1.82) is 0 Å². The summed E-state index contributed by atoms with van der Waals surface area (Å²) in [6.07, 6.45) is 2.55. The number of nitrogens with zero attached hydrogens (tertiary/aromatic N) is 2. The van der Waals surface area contributed by atoms with Crippen molar-refractivity contribution in [1.82, 2.24) is 10.1 Å². The highest BCUT2D eigenvalue weighted by Crippen LogP contribution is 2.24. The number of nitrogens with two attached hydrogens (primary N) is 1. The van der Waals surface area contributed by atoms with Gasteiger partial charge in [-0.1, -0.05) is 30.6 Å². The molecule has 1 unspecified atom stereocenters. The number of halogens is 1. The van der Waals surface area contributed by atoms with Crippen molar-refractivity contribution < 1.29 is 8.91 Å². The van der Waals surface area contributed by atoms with Crippen LogP contribution in [0.15, 0.2) is 33.7 Å². The fourth-order valence-electron chi connectivity index (χ4n) is 1.83. The van der Waals surface area contributed by atoms with Crippen molar-refractivity contribution >= 4 is 11.8 Å². The molecule has 2 aromatic rings. The van der Waals surface area contributed by atoms with E-state index in [0.717, 1.165) is 12.8 Å². The molecule has 20 heavy (non-hydrogen) atoms. The molecular formula is C14H18FN3OS. The maximum absolute atomic E-state index is 13.5. The van der Waals surface area contributed by atoms with Crippen molar-refractivity contribution in [2.75, 3.05) is 0 Å². The molecule has 1 aromatic heterocycles. The van der Waals surface area contributed by atoms with Crippen molar-refractivity contribution in [3.8, 4) is 0 Å². The highest BCUT2D eigenvalue weighted by molar-refractivity contribution is 7.98. The molecule has 108 valence electrons. The average molecular weight is 295 g/mol. The van der Waals surface area contributed by atoms with Gasteiger partial charge in [0.2, 0.25) is 5.89 Å². The lowest BCUT2D eigenvalue weighted by molar-refractivity contribution is 0.362. The predicted molar refractivity (Wildman–Crippen MR) is 76.8 cm³/mol. The van der Waals surface area contributed by atoms with E-state index in [0.29, 0.717) is 28.8 Å². The Labute approximate surface area is 121 Å². The zero-order valence-corrected chi connectivity index (χ0v) is 12.2. The van der Waals surface area contributed by atoms with Crippen LogP contribution < -0.4 is 5.73 Å². The van der Waals surface area contributed by atoms with Gasteiger partial charge in [0.15, 0.2) is 5.82 Å². The number of aromatic nitrogens is 2. The van der Waals surface area contributed by atoms with Crippen LogP contribution in [0.3, 0.4) is 0 Å². The fraction of sp³-hybridized carbons (Fsp3) is 0.429. The van der Waals surface area contributed by atoms with Gasteiger partial charge in [-0.05, 0) is 18.6 Å². The van der Waals surface area contributed by atoms with E-state index in [1.54, 1.807) is 18.2 Å². The Bertz CT molecular complexity index is 547. The molecule has 1 atom stereocenters. The summed E-state index contributed by atoms with van der Waals surface area (Å²) in [4.78, 5) is 4.86. The minimum atomic E-state index is -0.230. The quantitative estimate of drug-likeness (QED) is 0.795. The zero-order chi connectivity index (χ0) is 14.4. The minimum absolute atomic E-state index is 0.0486. The maximum atomic E-state index is 13.5. The van der Waals surface area contributed by atoms with Gasteiger partial charge in [0.05, 0.1) is 5.75 Å². The third-order valence-electron chi connectivity index (χ3n) is 2.80. The first-order valence-electron chi connectivity index (χ1n) is 6.63. The summed E-state index contributed by atoms with van der Waals surface area (Å²) in [5.41, 5.74) is 5.93. The fourth-order valence-corrected chi connectivity index (χ4v) is 2.62. The molecule has 4 nitrogen and oxygen atoms in total. The van der Waals surface area contributed by atoms with E-state index in [4.69, 9.17) is 10.3 Å². The highest BCUT2D eigenvalue weighted by atomic mass is 32.2. The second-order valence-electron chi connectivity index (χ2n) is 4.58. The van der Waals surface area contributed by atoms with Crippen molar-refractivity contribution in [3.05, 3.63) is 41.8 Å². The number of benzene rings is 1. The Kier molecular flexibility index (Phi) is 5.55. The summed E-state index contributed by atoms with van der Waals surface area (Å²) < 4.78 is 18.6. The number of thioether (sulfide) groups is 1. The van der Waals surface area contributed by atoms with E-state index in [-0.39, 0.29) is 11.9 Å². The molecule has 1 aromatic carbocycles. The summed E-state index contributed by atoms with van der Waals surface area (Å²) in [6.45, 7) is 2.09. The topological polar surface area (TPSA) is 64.9 Å². The van der Waals surface area contributed by atoms with E-state index in [1.165, 1.54) is 17.8 Å². The second kappa shape index (κ2) is 7.40. The molecule has 1 heterocycles. The molecule has 2 N–H and O–H groups in total. The van der Waals surface area contributed by atoms with Crippen LogP contribution in [-0.2, 0) is 12.2 Å². The SMILES string of the molecule is CCCC(N)Cc1nc(CSc2ccccc2F)no1. The molecule has 0 spiro atoms. The van der Waals surface area contributed by atoms with Crippen molar-refractivity contribution in [3.63, 3.8) is 0 Å². The lowest BCUT2D eigenvalue weighted by Gasteiger charge is -2.05. The van der Waals surface area contributed by atoms with E-state index >= 15 is 0 Å². The number of hydrogen-bond acceptors (Lipinski definition) is 5. The first-order valence-corrected chi connectivity index (χ1v) is 7.62. The third-order valence-corrected chi connectivity index (χ3v) is 3.84. The molecule has 0 bridgehead atoms. The van der Waals surface area contributed by atoms with Crippen LogP contribution in [-0.4, -0.2) is 16.2 Å². The van der Waals surface area contributed by atoms with Gasteiger partial charge in [-0.25, -0.2) is 4.39 Å². The van der Waals surface area contributed by atoms with Gasteiger partial charge < -0.3 is 10.3 Å². The largest absolute Gasteiger partial charge is 0.339 e. The summed E-state index contributed by atoms with van der Waals surface area (Å²) in [7, 11) is 0. The number of hydrogen-bond donors (Lipinski definition) is 1. The molecule has 0 aliphatic heterocycles. The summed E-state index contributed by atoms with van der Waals surface area (Å²) >= 11 is 1.35. The van der Waals surface area contributed by atoms with Crippen LogP contribution in [0.5, 0.6) is 0 Å². The first kappa shape index (κ1) is 15.0. The normalized spacial score (nSPS) is 12.6. The van der Waals surface area contributed by atoms with E-state index in [2.05, 4.69) is 17.1 Å². The Morgan fingerprint density at radius 1 is 1.40 bits per heavy atom. The molecule has 0 amide bonds.